The van der Waals surface area contributed by atoms with Crippen molar-refractivity contribution in [3.63, 3.8) is 0 Å². The van der Waals surface area contributed by atoms with Gasteiger partial charge in [0.1, 0.15) is 0 Å². The minimum atomic E-state index is 0.750. The molecular formula is C10H19N3O. The van der Waals surface area contributed by atoms with E-state index in [1.807, 2.05) is 0 Å². The minimum Gasteiger partial charge on any atom is -0.286 e. The van der Waals surface area contributed by atoms with Crippen molar-refractivity contribution in [1.29, 1.82) is 0 Å². The smallest absolute Gasteiger partial charge is 0.0699 e. The second-order valence-corrected chi connectivity index (χ2v) is 3.27. The van der Waals surface area contributed by atoms with Gasteiger partial charge in [-0.1, -0.05) is 12.8 Å². The lowest BCUT2D eigenvalue weighted by Crippen LogP contribution is -2.43. The lowest BCUT2D eigenvalue weighted by atomic mass is 10.1. The van der Waals surface area contributed by atoms with Crippen molar-refractivity contribution in [1.82, 2.24) is 16.5 Å². The number of nitrogens with one attached hydrogen (secondary N) is 3. The van der Waals surface area contributed by atoms with Crippen LogP contribution >= 0.6 is 0 Å². The van der Waals surface area contributed by atoms with Crippen LogP contribution in [-0.4, -0.2) is 13.2 Å². The Labute approximate surface area is 85.7 Å². The predicted molar refractivity (Wildman–Crippen MR) is 55.7 cm³/mol. The van der Waals surface area contributed by atoms with E-state index in [9.17, 15) is 0 Å². The molecule has 0 amide bonds. The molecule has 0 aromatic rings. The standard InChI is InChI=1S/C10H19N3O/c1-2-4-6-8-10-14-13-12-11-9-7-5-3-1/h11-13H,1-2,4,6-10H2. The lowest BCUT2D eigenvalue weighted by Gasteiger charge is -2.07. The Kier molecular flexibility index (Phi) is 7.36. The van der Waals surface area contributed by atoms with Gasteiger partial charge in [0.2, 0.25) is 0 Å². The first-order valence-corrected chi connectivity index (χ1v) is 5.30. The van der Waals surface area contributed by atoms with Gasteiger partial charge in [0.25, 0.3) is 0 Å². The Morgan fingerprint density at radius 2 is 1.79 bits per heavy atom. The van der Waals surface area contributed by atoms with Crippen molar-refractivity contribution >= 4 is 0 Å². The first kappa shape index (κ1) is 11.5. The number of hydrazine groups is 2. The highest BCUT2D eigenvalue weighted by molar-refractivity contribution is 4.98. The van der Waals surface area contributed by atoms with E-state index in [0.29, 0.717) is 0 Å². The fourth-order valence-corrected chi connectivity index (χ4v) is 1.23. The van der Waals surface area contributed by atoms with Crippen LogP contribution in [0.2, 0.25) is 0 Å². The van der Waals surface area contributed by atoms with Crippen LogP contribution in [0.3, 0.4) is 0 Å². The zero-order valence-corrected chi connectivity index (χ0v) is 8.57. The molecule has 0 unspecified atom stereocenters. The van der Waals surface area contributed by atoms with E-state index in [1.54, 1.807) is 0 Å². The molecule has 0 bridgehead atoms. The molecule has 0 aliphatic carbocycles. The summed E-state index contributed by atoms with van der Waals surface area (Å²) in [5.74, 6) is 6.29. The Morgan fingerprint density at radius 1 is 0.929 bits per heavy atom. The van der Waals surface area contributed by atoms with Crippen LogP contribution in [0.1, 0.15) is 38.5 Å². The normalized spacial score (nSPS) is 21.7. The average molecular weight is 197 g/mol. The second kappa shape index (κ2) is 8.97. The monoisotopic (exact) mass is 197 g/mol. The molecule has 14 heavy (non-hydrogen) atoms. The summed E-state index contributed by atoms with van der Waals surface area (Å²) in [4.78, 5) is 5.12. The summed E-state index contributed by atoms with van der Waals surface area (Å²) < 4.78 is 0. The first-order chi connectivity index (χ1) is 7.00. The quantitative estimate of drug-likeness (QED) is 0.504. The minimum absolute atomic E-state index is 0.750. The summed E-state index contributed by atoms with van der Waals surface area (Å²) >= 11 is 0. The van der Waals surface area contributed by atoms with E-state index in [1.165, 1.54) is 19.3 Å². The van der Waals surface area contributed by atoms with E-state index in [0.717, 1.165) is 32.4 Å². The van der Waals surface area contributed by atoms with E-state index in [4.69, 9.17) is 4.84 Å². The van der Waals surface area contributed by atoms with Gasteiger partial charge in [0.15, 0.2) is 0 Å². The molecule has 0 aromatic heterocycles. The highest BCUT2D eigenvalue weighted by atomic mass is 16.7. The summed E-state index contributed by atoms with van der Waals surface area (Å²) in [6.07, 6.45) is 6.69. The number of hydrogen-bond acceptors (Lipinski definition) is 4. The van der Waals surface area contributed by atoms with Crippen LogP contribution in [0.5, 0.6) is 0 Å². The Morgan fingerprint density at radius 3 is 2.79 bits per heavy atom. The number of rotatable bonds is 0. The predicted octanol–water partition coefficient (Wildman–Crippen LogP) is 0.874. The molecule has 0 aromatic carbocycles. The Hall–Kier alpha value is -0.600. The Balaban J connectivity index is 2.12. The largest absolute Gasteiger partial charge is 0.286 e. The molecule has 4 nitrogen and oxygen atoms in total. The van der Waals surface area contributed by atoms with Crippen molar-refractivity contribution in [2.24, 2.45) is 0 Å². The zero-order valence-electron chi connectivity index (χ0n) is 8.57. The second-order valence-electron chi connectivity index (χ2n) is 3.27. The van der Waals surface area contributed by atoms with E-state index < -0.39 is 0 Å². The van der Waals surface area contributed by atoms with Crippen LogP contribution in [-0.2, 0) is 4.84 Å². The molecule has 1 heterocycles. The molecule has 1 aliphatic heterocycles. The summed E-state index contributed by atoms with van der Waals surface area (Å²) in [5, 5.41) is 0. The van der Waals surface area contributed by atoms with Gasteiger partial charge in [-0.2, -0.15) is 5.53 Å². The fourth-order valence-electron chi connectivity index (χ4n) is 1.23. The van der Waals surface area contributed by atoms with Crippen molar-refractivity contribution in [2.45, 2.75) is 38.5 Å². The third-order valence-electron chi connectivity index (χ3n) is 2.01. The molecular weight excluding hydrogens is 178 g/mol. The van der Waals surface area contributed by atoms with Crippen LogP contribution in [0, 0.1) is 11.8 Å². The molecule has 3 N–H and O–H groups in total. The SMILES string of the molecule is C1#CCCNNNOCCCCCC1. The highest BCUT2D eigenvalue weighted by Gasteiger charge is 1.91. The van der Waals surface area contributed by atoms with Crippen LogP contribution in [0.15, 0.2) is 0 Å². The molecule has 1 aliphatic rings. The maximum atomic E-state index is 5.12. The molecule has 0 spiro atoms. The van der Waals surface area contributed by atoms with Crippen LogP contribution in [0.25, 0.3) is 0 Å². The van der Waals surface area contributed by atoms with E-state index >= 15 is 0 Å². The molecule has 0 saturated carbocycles. The summed E-state index contributed by atoms with van der Waals surface area (Å²) in [7, 11) is 0. The van der Waals surface area contributed by atoms with E-state index in [-0.39, 0.29) is 0 Å². The molecule has 0 saturated heterocycles. The zero-order chi connectivity index (χ0) is 9.90. The van der Waals surface area contributed by atoms with Crippen molar-refractivity contribution < 1.29 is 4.84 Å². The van der Waals surface area contributed by atoms with Gasteiger partial charge in [-0.3, -0.25) is 4.84 Å². The van der Waals surface area contributed by atoms with Crippen molar-refractivity contribution in [3.8, 4) is 11.8 Å². The fraction of sp³-hybridized carbons (Fsp3) is 0.800. The highest BCUT2D eigenvalue weighted by Crippen LogP contribution is 2.02. The summed E-state index contributed by atoms with van der Waals surface area (Å²) in [5.41, 5.74) is 8.33. The maximum Gasteiger partial charge on any atom is 0.0699 e. The number of hydrogen-bond donors (Lipinski definition) is 3. The maximum absolute atomic E-state index is 5.12. The topological polar surface area (TPSA) is 45.3 Å². The average Bonchev–Trinajstić information content (AvgIpc) is 2.22. The van der Waals surface area contributed by atoms with Gasteiger partial charge < -0.3 is 0 Å². The van der Waals surface area contributed by atoms with Gasteiger partial charge in [-0.15, -0.1) is 17.4 Å². The molecule has 0 atom stereocenters. The van der Waals surface area contributed by atoms with Gasteiger partial charge in [0.05, 0.1) is 6.61 Å². The molecule has 0 radical (unpaired) electrons. The van der Waals surface area contributed by atoms with Crippen LogP contribution < -0.4 is 16.5 Å². The first-order valence-electron chi connectivity index (χ1n) is 5.30. The Bertz CT molecular complexity index is 168. The molecule has 1 rings (SSSR count). The van der Waals surface area contributed by atoms with Gasteiger partial charge in [-0.25, -0.2) is 5.43 Å². The van der Waals surface area contributed by atoms with Crippen molar-refractivity contribution in [3.05, 3.63) is 0 Å². The third-order valence-corrected chi connectivity index (χ3v) is 2.01. The molecule has 80 valence electrons. The lowest BCUT2D eigenvalue weighted by molar-refractivity contribution is -0.00188. The molecule has 0 fully saturated rings. The van der Waals surface area contributed by atoms with Gasteiger partial charge in [-0.05, 0) is 12.8 Å². The van der Waals surface area contributed by atoms with Crippen LogP contribution in [0.4, 0.5) is 0 Å². The third kappa shape index (κ3) is 6.87. The van der Waals surface area contributed by atoms with E-state index in [2.05, 4.69) is 28.4 Å². The molecule has 4 heteroatoms. The summed E-state index contributed by atoms with van der Waals surface area (Å²) in [6, 6.07) is 0. The van der Waals surface area contributed by atoms with Crippen molar-refractivity contribution in [2.75, 3.05) is 13.2 Å². The van der Waals surface area contributed by atoms with Gasteiger partial charge in [0, 0.05) is 19.4 Å². The van der Waals surface area contributed by atoms with Gasteiger partial charge >= 0.3 is 0 Å². The summed E-state index contributed by atoms with van der Waals surface area (Å²) in [6.45, 7) is 1.57.